The number of nitrogens with zero attached hydrogens (tertiary/aromatic N) is 1. The highest BCUT2D eigenvalue weighted by molar-refractivity contribution is 7.47. The summed E-state index contributed by atoms with van der Waals surface area (Å²) in [6.07, 6.45) is 39.9. The molecule has 0 radical (unpaired) electrons. The molecule has 2 atom stereocenters. The standard InChI is InChI=1S/C42H74NO8P/c1-6-8-10-12-14-16-18-20-21-23-25-27-29-31-33-35-42(45)51-40(39-50-52(46,47)49-37-36-43(3,4)5)38-48-41(44)34-32-30-28-26-24-22-19-17-15-13-11-9-7-2/h8,10,14,16-17,19-21,25,27,40H,6-7,9,11-13,15,18,22-24,26,28-39H2,1-5H3/p+1/b10-8-,16-14-,19-17-,21-20-,27-25-/t40-/m1/s1. The Kier molecular flexibility index (Phi) is 33.0. The van der Waals surface area contributed by atoms with Crippen molar-refractivity contribution in [1.29, 1.82) is 0 Å². The van der Waals surface area contributed by atoms with Gasteiger partial charge in [0.2, 0.25) is 0 Å². The van der Waals surface area contributed by atoms with Crippen LogP contribution >= 0.6 is 7.82 Å². The summed E-state index contributed by atoms with van der Waals surface area (Å²) in [5.74, 6) is -0.865. The molecule has 1 unspecified atom stereocenters. The first-order valence-corrected chi connectivity index (χ1v) is 21.5. The minimum Gasteiger partial charge on any atom is -0.462 e. The number of hydrogen-bond donors (Lipinski definition) is 1. The van der Waals surface area contributed by atoms with E-state index in [1.165, 1.54) is 32.1 Å². The van der Waals surface area contributed by atoms with E-state index in [0.717, 1.165) is 77.0 Å². The van der Waals surface area contributed by atoms with Crippen LogP contribution in [0.4, 0.5) is 0 Å². The Balaban J connectivity index is 4.52. The van der Waals surface area contributed by atoms with E-state index in [0.29, 0.717) is 17.4 Å². The maximum atomic E-state index is 12.6. The van der Waals surface area contributed by atoms with E-state index < -0.39 is 32.5 Å². The third-order valence-corrected chi connectivity index (χ3v) is 9.02. The van der Waals surface area contributed by atoms with Crippen LogP contribution in [-0.2, 0) is 32.7 Å². The van der Waals surface area contributed by atoms with Gasteiger partial charge in [0.15, 0.2) is 6.10 Å². The normalized spacial score (nSPS) is 14.3. The van der Waals surface area contributed by atoms with E-state index in [-0.39, 0.29) is 26.1 Å². The first-order valence-electron chi connectivity index (χ1n) is 20.0. The van der Waals surface area contributed by atoms with Crippen LogP contribution in [0.2, 0.25) is 0 Å². The van der Waals surface area contributed by atoms with Crippen molar-refractivity contribution in [1.82, 2.24) is 0 Å². The van der Waals surface area contributed by atoms with Gasteiger partial charge in [-0.3, -0.25) is 18.6 Å². The van der Waals surface area contributed by atoms with Crippen LogP contribution in [0.1, 0.15) is 142 Å². The molecule has 9 nitrogen and oxygen atoms in total. The van der Waals surface area contributed by atoms with E-state index >= 15 is 0 Å². The molecule has 0 aliphatic carbocycles. The highest BCUT2D eigenvalue weighted by atomic mass is 31.2. The Bertz CT molecular complexity index is 1080. The Hall–Kier alpha value is -2.29. The predicted octanol–water partition coefficient (Wildman–Crippen LogP) is 10.9. The van der Waals surface area contributed by atoms with Gasteiger partial charge in [0.05, 0.1) is 27.7 Å². The number of allylic oxidation sites excluding steroid dienone is 10. The molecule has 52 heavy (non-hydrogen) atoms. The molecule has 0 saturated heterocycles. The van der Waals surface area contributed by atoms with E-state index in [1.54, 1.807) is 0 Å². The highest BCUT2D eigenvalue weighted by Crippen LogP contribution is 2.43. The largest absolute Gasteiger partial charge is 0.472 e. The van der Waals surface area contributed by atoms with Gasteiger partial charge in [-0.25, -0.2) is 4.57 Å². The number of unbranched alkanes of at least 4 members (excludes halogenated alkanes) is 11. The summed E-state index contributed by atoms with van der Waals surface area (Å²) in [7, 11) is 1.43. The molecule has 0 rings (SSSR count). The molecule has 0 aliphatic rings. The van der Waals surface area contributed by atoms with Crippen molar-refractivity contribution in [3.63, 3.8) is 0 Å². The van der Waals surface area contributed by atoms with Crippen LogP contribution in [0, 0.1) is 0 Å². The Labute approximate surface area is 317 Å². The van der Waals surface area contributed by atoms with Crippen molar-refractivity contribution < 1.29 is 42.1 Å². The SMILES string of the molecule is CC/C=C\C/C=C\C/C=C\C/C=C\CCCCC(=O)O[C@H](COC(=O)CCCCCCC/C=C\CCCCCC)COP(=O)(O)OCC[N+](C)(C)C. The number of hydrogen-bond acceptors (Lipinski definition) is 7. The molecule has 0 aliphatic heterocycles. The zero-order valence-corrected chi connectivity index (χ0v) is 34.4. The van der Waals surface area contributed by atoms with Crippen molar-refractivity contribution in [3.8, 4) is 0 Å². The Morgan fingerprint density at radius 3 is 1.69 bits per heavy atom. The average Bonchev–Trinajstić information content (AvgIpc) is 3.09. The van der Waals surface area contributed by atoms with Gasteiger partial charge in [-0.15, -0.1) is 0 Å². The van der Waals surface area contributed by atoms with Gasteiger partial charge >= 0.3 is 19.8 Å². The van der Waals surface area contributed by atoms with E-state index in [2.05, 4.69) is 74.6 Å². The molecule has 0 bridgehead atoms. The molecule has 0 aromatic rings. The van der Waals surface area contributed by atoms with Crippen LogP contribution in [0.25, 0.3) is 0 Å². The summed E-state index contributed by atoms with van der Waals surface area (Å²) < 4.78 is 34.1. The Morgan fingerprint density at radius 1 is 0.615 bits per heavy atom. The molecule has 300 valence electrons. The van der Waals surface area contributed by atoms with Crippen molar-refractivity contribution in [3.05, 3.63) is 60.8 Å². The number of phosphoric acid groups is 1. The molecule has 0 spiro atoms. The summed E-state index contributed by atoms with van der Waals surface area (Å²) in [5.41, 5.74) is 0. The molecule has 1 N–H and O–H groups in total. The lowest BCUT2D eigenvalue weighted by molar-refractivity contribution is -0.870. The van der Waals surface area contributed by atoms with Crippen LogP contribution in [0.5, 0.6) is 0 Å². The number of phosphoric ester groups is 1. The van der Waals surface area contributed by atoms with Crippen molar-refractivity contribution in [2.24, 2.45) is 0 Å². The fourth-order valence-corrected chi connectivity index (χ4v) is 5.62. The molecule has 10 heteroatoms. The number of carbonyl (C=O) groups is 2. The van der Waals surface area contributed by atoms with Gasteiger partial charge in [-0.1, -0.05) is 113 Å². The van der Waals surface area contributed by atoms with Gasteiger partial charge in [0.25, 0.3) is 0 Å². The number of rotatable bonds is 35. The quantitative estimate of drug-likeness (QED) is 0.0224. The molecule has 0 aromatic heterocycles. The smallest absolute Gasteiger partial charge is 0.462 e. The zero-order chi connectivity index (χ0) is 38.6. The number of carbonyl (C=O) groups excluding carboxylic acids is 2. The van der Waals surface area contributed by atoms with Crippen LogP contribution < -0.4 is 0 Å². The second kappa shape index (κ2) is 34.5. The summed E-state index contributed by atoms with van der Waals surface area (Å²) in [4.78, 5) is 35.2. The maximum Gasteiger partial charge on any atom is 0.472 e. The topological polar surface area (TPSA) is 108 Å². The summed E-state index contributed by atoms with van der Waals surface area (Å²) in [5, 5.41) is 0. The average molecular weight is 753 g/mol. The fourth-order valence-electron chi connectivity index (χ4n) is 4.88. The molecule has 0 saturated carbocycles. The monoisotopic (exact) mass is 753 g/mol. The highest BCUT2D eigenvalue weighted by Gasteiger charge is 2.27. The second-order valence-corrected chi connectivity index (χ2v) is 15.7. The fraction of sp³-hybridized carbons (Fsp3) is 0.714. The van der Waals surface area contributed by atoms with Crippen LogP contribution in [0.15, 0.2) is 60.8 Å². The summed E-state index contributed by atoms with van der Waals surface area (Å²) in [6, 6.07) is 0. The lowest BCUT2D eigenvalue weighted by Crippen LogP contribution is -2.37. The van der Waals surface area contributed by atoms with Crippen LogP contribution in [-0.4, -0.2) is 74.9 Å². The molecular weight excluding hydrogens is 677 g/mol. The molecule has 0 amide bonds. The number of ether oxygens (including phenoxy) is 2. The molecular formula is C42H75NO8P+. The van der Waals surface area contributed by atoms with Gasteiger partial charge in [0, 0.05) is 12.8 Å². The van der Waals surface area contributed by atoms with Gasteiger partial charge in [-0.2, -0.15) is 0 Å². The summed E-state index contributed by atoms with van der Waals surface area (Å²) in [6.45, 7) is 4.20. The molecule has 0 fully saturated rings. The van der Waals surface area contributed by atoms with E-state index in [1.807, 2.05) is 21.1 Å². The minimum absolute atomic E-state index is 0.0197. The number of quaternary nitrogens is 1. The lowest BCUT2D eigenvalue weighted by atomic mass is 10.1. The lowest BCUT2D eigenvalue weighted by Gasteiger charge is -2.24. The van der Waals surface area contributed by atoms with Gasteiger partial charge in [0.1, 0.15) is 19.8 Å². The van der Waals surface area contributed by atoms with Crippen molar-refractivity contribution in [2.45, 2.75) is 148 Å². The third kappa shape index (κ3) is 37.5. The predicted molar refractivity (Wildman–Crippen MR) is 215 cm³/mol. The maximum absolute atomic E-state index is 12.6. The minimum atomic E-state index is -4.38. The van der Waals surface area contributed by atoms with Crippen LogP contribution in [0.3, 0.4) is 0 Å². The van der Waals surface area contributed by atoms with E-state index in [4.69, 9.17) is 18.5 Å². The molecule has 0 heterocycles. The first-order chi connectivity index (χ1) is 25.0. The van der Waals surface area contributed by atoms with Crippen molar-refractivity contribution in [2.75, 3.05) is 47.5 Å². The van der Waals surface area contributed by atoms with Gasteiger partial charge < -0.3 is 18.9 Å². The number of esters is 2. The van der Waals surface area contributed by atoms with Crippen molar-refractivity contribution >= 4 is 19.8 Å². The van der Waals surface area contributed by atoms with E-state index in [9.17, 15) is 19.0 Å². The second-order valence-electron chi connectivity index (χ2n) is 14.3. The molecule has 0 aromatic carbocycles. The third-order valence-electron chi connectivity index (χ3n) is 8.03. The first kappa shape index (κ1) is 49.7. The number of likely N-dealkylation sites (N-methyl/N-ethyl adjacent to an activating group) is 1. The summed E-state index contributed by atoms with van der Waals surface area (Å²) >= 11 is 0. The Morgan fingerprint density at radius 2 is 1.10 bits per heavy atom. The zero-order valence-electron chi connectivity index (χ0n) is 33.5. The van der Waals surface area contributed by atoms with Gasteiger partial charge in [-0.05, 0) is 77.0 Å².